The summed E-state index contributed by atoms with van der Waals surface area (Å²) < 4.78 is 107. The lowest BCUT2D eigenvalue weighted by atomic mass is 10.1. The summed E-state index contributed by atoms with van der Waals surface area (Å²) in [6.45, 7) is 7.96. The zero-order valence-electron chi connectivity index (χ0n) is 27.5. The standard InChI is InChI=1S/C28H32F7N5O6.C2H6/c1-26(2,3)46-24(43)37(4)13-20(42)14-40(16-41)36-15-38(5)22-12-17(27(30,31)32)11-21(28(33,34)35)23(22)45-25(44)39(6)19-9-7-18(29)8-10-19;1-2/h7-12,15-16,20,42H,13-14H2,1-6H3;1-2H3/b36-15-;. The van der Waals surface area contributed by atoms with Gasteiger partial charge >= 0.3 is 24.5 Å². The Bertz CT molecular complexity index is 1410. The number of amides is 3. The molecule has 3 amide bonds. The highest BCUT2D eigenvalue weighted by Crippen LogP contribution is 2.46. The number of aliphatic hydroxyl groups is 1. The first kappa shape index (κ1) is 41.4. The molecule has 0 fully saturated rings. The number of likely N-dealkylation sites (N-methyl/N-ethyl adjacent to an activating group) is 1. The monoisotopic (exact) mass is 697 g/mol. The normalized spacial score (nSPS) is 12.4. The van der Waals surface area contributed by atoms with Crippen LogP contribution in [0, 0.1) is 5.82 Å². The molecule has 0 saturated heterocycles. The van der Waals surface area contributed by atoms with Gasteiger partial charge in [-0.3, -0.25) is 9.69 Å². The van der Waals surface area contributed by atoms with E-state index in [2.05, 4.69) is 5.10 Å². The summed E-state index contributed by atoms with van der Waals surface area (Å²) in [6, 6.07) is 4.18. The summed E-state index contributed by atoms with van der Waals surface area (Å²) in [5, 5.41) is 14.6. The van der Waals surface area contributed by atoms with Crippen molar-refractivity contribution in [3.05, 3.63) is 53.3 Å². The van der Waals surface area contributed by atoms with Crippen molar-refractivity contribution in [2.24, 2.45) is 5.10 Å². The molecular formula is C30H38F7N5O6. The number of nitrogens with zero attached hydrogens (tertiary/aromatic N) is 5. The Morgan fingerprint density at radius 1 is 0.917 bits per heavy atom. The Morgan fingerprint density at radius 2 is 1.48 bits per heavy atom. The summed E-state index contributed by atoms with van der Waals surface area (Å²) in [6.07, 6.45) is -13.6. The SMILES string of the molecule is CC.CN(CC(O)CN(C=O)/N=C\N(C)c1cc(C(F)(F)F)cc(C(F)(F)F)c1OC(=O)N(C)c1ccc(F)cc1)C(=O)OC(C)(C)C. The lowest BCUT2D eigenvalue weighted by molar-refractivity contribution is -0.143. The highest BCUT2D eigenvalue weighted by molar-refractivity contribution is 5.91. The van der Waals surface area contributed by atoms with E-state index in [4.69, 9.17) is 9.47 Å². The Labute approximate surface area is 273 Å². The number of hydrogen-bond acceptors (Lipinski definition) is 7. The van der Waals surface area contributed by atoms with Crippen LogP contribution in [0.3, 0.4) is 0 Å². The molecule has 1 unspecified atom stereocenters. The largest absolute Gasteiger partial charge is 0.444 e. The summed E-state index contributed by atoms with van der Waals surface area (Å²) in [5.41, 5.74) is -5.47. The van der Waals surface area contributed by atoms with E-state index in [0.717, 1.165) is 43.3 Å². The summed E-state index contributed by atoms with van der Waals surface area (Å²) in [4.78, 5) is 38.9. The zero-order chi connectivity index (χ0) is 37.2. The minimum atomic E-state index is -5.45. The van der Waals surface area contributed by atoms with Crippen LogP contribution in [0.1, 0.15) is 45.7 Å². The van der Waals surface area contributed by atoms with E-state index < -0.39 is 71.2 Å². The molecule has 0 aliphatic heterocycles. The van der Waals surface area contributed by atoms with Crippen molar-refractivity contribution in [3.8, 4) is 5.75 Å². The number of hydrogen-bond donors (Lipinski definition) is 1. The number of aliphatic hydroxyl groups excluding tert-OH is 1. The van der Waals surface area contributed by atoms with Crippen LogP contribution >= 0.6 is 0 Å². The third kappa shape index (κ3) is 12.5. The number of rotatable bonds is 10. The second-order valence-electron chi connectivity index (χ2n) is 10.9. The maximum atomic E-state index is 14.1. The maximum Gasteiger partial charge on any atom is 0.420 e. The van der Waals surface area contributed by atoms with Crippen LogP contribution in [0.2, 0.25) is 0 Å². The average molecular weight is 698 g/mol. The molecule has 0 bridgehead atoms. The number of benzene rings is 2. The van der Waals surface area contributed by atoms with Gasteiger partial charge < -0.3 is 24.4 Å². The molecule has 11 nitrogen and oxygen atoms in total. The quantitative estimate of drug-likeness (QED) is 0.0980. The van der Waals surface area contributed by atoms with Crippen LogP contribution in [-0.2, 0) is 21.9 Å². The first-order valence-electron chi connectivity index (χ1n) is 14.2. The van der Waals surface area contributed by atoms with Gasteiger partial charge in [0.05, 0.1) is 30.4 Å². The molecule has 2 rings (SSSR count). The molecule has 0 radical (unpaired) electrons. The van der Waals surface area contributed by atoms with E-state index in [1.165, 1.54) is 7.05 Å². The van der Waals surface area contributed by atoms with Gasteiger partial charge in [-0.15, -0.1) is 0 Å². The Balaban J connectivity index is 0.00000565. The molecule has 0 aromatic heterocycles. The van der Waals surface area contributed by atoms with E-state index in [1.807, 2.05) is 13.8 Å². The number of carbonyl (C=O) groups is 3. The van der Waals surface area contributed by atoms with Crippen molar-refractivity contribution in [3.63, 3.8) is 0 Å². The second-order valence-corrected chi connectivity index (χ2v) is 10.9. The molecule has 0 aliphatic carbocycles. The number of halogens is 7. The van der Waals surface area contributed by atoms with Crippen molar-refractivity contribution < 1.29 is 59.7 Å². The molecule has 1 N–H and O–H groups in total. The van der Waals surface area contributed by atoms with Gasteiger partial charge in [0, 0.05) is 26.8 Å². The van der Waals surface area contributed by atoms with Gasteiger partial charge in [-0.1, -0.05) is 13.8 Å². The van der Waals surface area contributed by atoms with Gasteiger partial charge in [-0.05, 0) is 57.2 Å². The summed E-state index contributed by atoms with van der Waals surface area (Å²) in [5.74, 6) is -2.01. The first-order valence-corrected chi connectivity index (χ1v) is 14.2. The third-order valence-electron chi connectivity index (χ3n) is 5.84. The van der Waals surface area contributed by atoms with Crippen LogP contribution < -0.4 is 14.5 Å². The Kier molecular flexibility index (Phi) is 14.7. The van der Waals surface area contributed by atoms with Crippen LogP contribution in [0.4, 0.5) is 51.7 Å². The molecule has 0 heterocycles. The predicted octanol–water partition coefficient (Wildman–Crippen LogP) is 6.59. The molecule has 0 spiro atoms. The summed E-state index contributed by atoms with van der Waals surface area (Å²) >= 11 is 0. The van der Waals surface area contributed by atoms with Gasteiger partial charge in [-0.2, -0.15) is 31.4 Å². The van der Waals surface area contributed by atoms with Crippen LogP contribution in [0.5, 0.6) is 5.75 Å². The van der Waals surface area contributed by atoms with Gasteiger partial charge in [0.15, 0.2) is 5.75 Å². The zero-order valence-corrected chi connectivity index (χ0v) is 27.5. The smallest absolute Gasteiger partial charge is 0.420 e. The number of hydrazone groups is 1. The minimum Gasteiger partial charge on any atom is -0.444 e. The lowest BCUT2D eigenvalue weighted by Gasteiger charge is -2.27. The molecule has 2 aromatic carbocycles. The third-order valence-corrected chi connectivity index (χ3v) is 5.84. The Hall–Kier alpha value is -4.61. The van der Waals surface area contributed by atoms with E-state index in [1.54, 1.807) is 20.8 Å². The summed E-state index contributed by atoms with van der Waals surface area (Å²) in [7, 11) is 3.35. The number of anilines is 2. The molecule has 48 heavy (non-hydrogen) atoms. The molecule has 0 saturated carbocycles. The molecule has 0 aliphatic rings. The van der Waals surface area contributed by atoms with Crippen LogP contribution in [-0.4, -0.2) is 85.9 Å². The topological polar surface area (TPSA) is 115 Å². The minimum absolute atomic E-state index is 0.0131. The van der Waals surface area contributed by atoms with Gasteiger partial charge in [-0.25, -0.2) is 19.0 Å². The van der Waals surface area contributed by atoms with Crippen molar-refractivity contribution in [2.45, 2.75) is 58.7 Å². The van der Waals surface area contributed by atoms with Gasteiger partial charge in [0.2, 0.25) is 6.41 Å². The molecular weight excluding hydrogens is 659 g/mol. The van der Waals surface area contributed by atoms with Gasteiger partial charge in [0.25, 0.3) is 0 Å². The van der Waals surface area contributed by atoms with E-state index >= 15 is 0 Å². The molecule has 1 atom stereocenters. The fourth-order valence-electron chi connectivity index (χ4n) is 3.61. The fraction of sp³-hybridized carbons (Fsp3) is 0.467. The van der Waals surface area contributed by atoms with Crippen LogP contribution in [0.15, 0.2) is 41.5 Å². The van der Waals surface area contributed by atoms with Crippen molar-refractivity contribution >= 4 is 36.3 Å². The van der Waals surface area contributed by atoms with Crippen molar-refractivity contribution in [1.29, 1.82) is 0 Å². The van der Waals surface area contributed by atoms with E-state index in [9.17, 15) is 50.2 Å². The molecule has 268 valence electrons. The fourth-order valence-corrected chi connectivity index (χ4v) is 3.61. The van der Waals surface area contributed by atoms with Gasteiger partial charge in [0.1, 0.15) is 23.3 Å². The lowest BCUT2D eigenvalue weighted by Crippen LogP contribution is -2.41. The Morgan fingerprint density at radius 3 is 1.96 bits per heavy atom. The molecule has 2 aromatic rings. The van der Waals surface area contributed by atoms with Crippen molar-refractivity contribution in [2.75, 3.05) is 44.0 Å². The average Bonchev–Trinajstić information content (AvgIpc) is 2.98. The highest BCUT2D eigenvalue weighted by Gasteiger charge is 2.42. The van der Waals surface area contributed by atoms with Crippen molar-refractivity contribution in [1.82, 2.24) is 9.91 Å². The highest BCUT2D eigenvalue weighted by atomic mass is 19.4. The van der Waals surface area contributed by atoms with E-state index in [0.29, 0.717) is 21.1 Å². The first-order chi connectivity index (χ1) is 22.0. The maximum absolute atomic E-state index is 14.1. The number of ether oxygens (including phenoxy) is 2. The van der Waals surface area contributed by atoms with Crippen LogP contribution in [0.25, 0.3) is 0 Å². The predicted molar refractivity (Wildman–Crippen MR) is 163 cm³/mol. The molecule has 18 heteroatoms. The van der Waals surface area contributed by atoms with E-state index in [-0.39, 0.29) is 30.8 Å². The number of carbonyl (C=O) groups excluding carboxylic acids is 3. The second kappa shape index (κ2) is 17.0. The number of alkyl halides is 6.